The Labute approximate surface area is 166 Å². The third-order valence-corrected chi connectivity index (χ3v) is 6.13. The molecule has 0 bridgehead atoms. The van der Waals surface area contributed by atoms with E-state index in [0.29, 0.717) is 17.9 Å². The number of hydrogen-bond acceptors (Lipinski definition) is 6. The Hall–Kier alpha value is -2.69. The van der Waals surface area contributed by atoms with Gasteiger partial charge in [-0.05, 0) is 38.5 Å². The van der Waals surface area contributed by atoms with Gasteiger partial charge >= 0.3 is 6.61 Å². The van der Waals surface area contributed by atoms with Crippen LogP contribution in [0.15, 0.2) is 24.3 Å². The van der Waals surface area contributed by atoms with Crippen molar-refractivity contribution in [3.05, 3.63) is 35.5 Å². The molecule has 0 saturated carbocycles. The highest BCUT2D eigenvalue weighted by atomic mass is 32.2. The average Bonchev–Trinajstić information content (AvgIpc) is 3.17. The molecule has 1 aromatic heterocycles. The normalized spacial score (nSPS) is 18.0. The minimum atomic E-state index is -3.12. The molecular formula is C18H21F2N3O5S. The number of amides is 1. The first-order chi connectivity index (χ1) is 13.7. The zero-order chi connectivity index (χ0) is 21.2. The van der Waals surface area contributed by atoms with Crippen molar-refractivity contribution in [1.82, 2.24) is 9.78 Å². The highest BCUT2D eigenvalue weighted by Gasteiger charge is 2.31. The Morgan fingerprint density at radius 3 is 2.72 bits per heavy atom. The number of benzene rings is 1. The molecule has 1 amide bonds. The standard InChI is InChI=1S/C18H21F2N3O5S/c1-3-27-15-9-12(4-5-14(15)28-18(19)20)17(24)21-16-8-11(2)22-23(16)13-6-7-29(25,26)10-13/h4-5,8-9,13,18H,3,6-7,10H2,1-2H3,(H,21,24). The summed E-state index contributed by atoms with van der Waals surface area (Å²) in [4.78, 5) is 12.7. The molecule has 1 aromatic carbocycles. The topological polar surface area (TPSA) is 99.5 Å². The zero-order valence-electron chi connectivity index (χ0n) is 15.9. The van der Waals surface area contributed by atoms with Crippen LogP contribution in [-0.2, 0) is 9.84 Å². The van der Waals surface area contributed by atoms with E-state index in [4.69, 9.17) is 4.74 Å². The minimum Gasteiger partial charge on any atom is -0.490 e. The molecule has 0 radical (unpaired) electrons. The summed E-state index contributed by atoms with van der Waals surface area (Å²) in [7, 11) is -3.12. The first-order valence-electron chi connectivity index (χ1n) is 8.98. The van der Waals surface area contributed by atoms with Crippen molar-refractivity contribution >= 4 is 21.6 Å². The lowest BCUT2D eigenvalue weighted by molar-refractivity contribution is -0.0514. The Morgan fingerprint density at radius 1 is 1.34 bits per heavy atom. The number of anilines is 1. The van der Waals surface area contributed by atoms with Gasteiger partial charge in [-0.25, -0.2) is 13.1 Å². The van der Waals surface area contributed by atoms with Crippen molar-refractivity contribution in [3.8, 4) is 11.5 Å². The lowest BCUT2D eigenvalue weighted by atomic mass is 10.2. The Morgan fingerprint density at radius 2 is 2.10 bits per heavy atom. The summed E-state index contributed by atoms with van der Waals surface area (Å²) in [5.41, 5.74) is 0.791. The summed E-state index contributed by atoms with van der Waals surface area (Å²) >= 11 is 0. The number of nitrogens with zero attached hydrogens (tertiary/aromatic N) is 2. The van der Waals surface area contributed by atoms with E-state index in [1.165, 1.54) is 22.9 Å². The molecule has 1 atom stereocenters. The lowest BCUT2D eigenvalue weighted by Gasteiger charge is -2.15. The van der Waals surface area contributed by atoms with Crippen molar-refractivity contribution in [2.24, 2.45) is 0 Å². The van der Waals surface area contributed by atoms with E-state index in [1.54, 1.807) is 19.9 Å². The van der Waals surface area contributed by atoms with Crippen LogP contribution < -0.4 is 14.8 Å². The summed E-state index contributed by atoms with van der Waals surface area (Å²) in [6.45, 7) is 0.594. The lowest BCUT2D eigenvalue weighted by Crippen LogP contribution is -2.19. The SMILES string of the molecule is CCOc1cc(C(=O)Nc2cc(C)nn2C2CCS(=O)(=O)C2)ccc1OC(F)F. The molecule has 0 spiro atoms. The predicted molar refractivity (Wildman–Crippen MR) is 101 cm³/mol. The van der Waals surface area contributed by atoms with Crippen LogP contribution in [0.3, 0.4) is 0 Å². The van der Waals surface area contributed by atoms with Crippen LogP contribution in [0.25, 0.3) is 0 Å². The van der Waals surface area contributed by atoms with Gasteiger partial charge < -0.3 is 14.8 Å². The molecule has 1 fully saturated rings. The smallest absolute Gasteiger partial charge is 0.387 e. The van der Waals surface area contributed by atoms with Crippen LogP contribution in [0, 0.1) is 6.92 Å². The van der Waals surface area contributed by atoms with Gasteiger partial charge in [-0.1, -0.05) is 0 Å². The predicted octanol–water partition coefficient (Wildman–Crippen LogP) is 2.80. The molecule has 3 rings (SSSR count). The monoisotopic (exact) mass is 429 g/mol. The molecule has 2 heterocycles. The maximum absolute atomic E-state index is 12.7. The van der Waals surface area contributed by atoms with Gasteiger partial charge in [-0.3, -0.25) is 4.79 Å². The quantitative estimate of drug-likeness (QED) is 0.727. The van der Waals surface area contributed by atoms with Crippen LogP contribution in [0.2, 0.25) is 0 Å². The fourth-order valence-electron chi connectivity index (χ4n) is 3.16. The van der Waals surface area contributed by atoms with Crippen molar-refractivity contribution in [2.45, 2.75) is 32.9 Å². The number of carbonyl (C=O) groups excluding carboxylic acids is 1. The van der Waals surface area contributed by atoms with Crippen LogP contribution >= 0.6 is 0 Å². The van der Waals surface area contributed by atoms with Gasteiger partial charge in [-0.2, -0.15) is 13.9 Å². The first-order valence-corrected chi connectivity index (χ1v) is 10.8. The molecule has 1 aliphatic heterocycles. The van der Waals surface area contributed by atoms with E-state index in [-0.39, 0.29) is 41.2 Å². The zero-order valence-corrected chi connectivity index (χ0v) is 16.7. The minimum absolute atomic E-state index is 0.0204. The van der Waals surface area contributed by atoms with Crippen molar-refractivity contribution in [1.29, 1.82) is 0 Å². The second kappa shape index (κ2) is 8.36. The molecule has 1 saturated heterocycles. The fraction of sp³-hybridized carbons (Fsp3) is 0.444. The number of ether oxygens (including phenoxy) is 2. The second-order valence-electron chi connectivity index (χ2n) is 6.60. The van der Waals surface area contributed by atoms with Gasteiger partial charge in [0.15, 0.2) is 21.3 Å². The highest BCUT2D eigenvalue weighted by molar-refractivity contribution is 7.91. The van der Waals surface area contributed by atoms with Gasteiger partial charge in [0.05, 0.1) is 29.8 Å². The van der Waals surface area contributed by atoms with Crippen LogP contribution in [-0.4, -0.2) is 48.8 Å². The number of hydrogen-bond donors (Lipinski definition) is 1. The van der Waals surface area contributed by atoms with E-state index in [0.717, 1.165) is 0 Å². The summed E-state index contributed by atoms with van der Waals surface area (Å²) < 4.78 is 59.8. The third-order valence-electron chi connectivity index (χ3n) is 4.38. The van der Waals surface area contributed by atoms with Gasteiger partial charge in [0, 0.05) is 11.6 Å². The summed E-state index contributed by atoms with van der Waals surface area (Å²) in [6.07, 6.45) is 0.417. The maximum Gasteiger partial charge on any atom is 0.387 e. The van der Waals surface area contributed by atoms with Gasteiger partial charge in [-0.15, -0.1) is 0 Å². The maximum atomic E-state index is 12.7. The van der Waals surface area contributed by atoms with Crippen LogP contribution in [0.4, 0.5) is 14.6 Å². The molecule has 158 valence electrons. The van der Waals surface area contributed by atoms with Gasteiger partial charge in [0.2, 0.25) is 0 Å². The third kappa shape index (κ3) is 5.03. The van der Waals surface area contributed by atoms with Crippen molar-refractivity contribution in [2.75, 3.05) is 23.4 Å². The van der Waals surface area contributed by atoms with Crippen LogP contribution in [0.5, 0.6) is 11.5 Å². The summed E-state index contributed by atoms with van der Waals surface area (Å²) in [6, 6.07) is 5.16. The van der Waals surface area contributed by atoms with Gasteiger partial charge in [0.25, 0.3) is 5.91 Å². The molecule has 2 aromatic rings. The number of alkyl halides is 2. The molecule has 8 nitrogen and oxygen atoms in total. The number of halogens is 2. The first kappa shape index (κ1) is 21.0. The van der Waals surface area contributed by atoms with Gasteiger partial charge in [0.1, 0.15) is 5.82 Å². The molecule has 0 aliphatic carbocycles. The van der Waals surface area contributed by atoms with E-state index < -0.39 is 22.4 Å². The van der Waals surface area contributed by atoms with Crippen LogP contribution in [0.1, 0.15) is 35.4 Å². The molecule has 1 unspecified atom stereocenters. The number of aryl methyl sites for hydroxylation is 1. The molecule has 29 heavy (non-hydrogen) atoms. The number of sulfone groups is 1. The van der Waals surface area contributed by atoms with E-state index in [1.807, 2.05) is 0 Å². The molecule has 1 N–H and O–H groups in total. The largest absolute Gasteiger partial charge is 0.490 e. The number of rotatable bonds is 7. The summed E-state index contributed by atoms with van der Waals surface area (Å²) in [5, 5.41) is 7.01. The average molecular weight is 429 g/mol. The fourth-order valence-corrected chi connectivity index (χ4v) is 4.85. The number of aromatic nitrogens is 2. The van der Waals surface area contributed by atoms with E-state index in [9.17, 15) is 22.0 Å². The summed E-state index contributed by atoms with van der Waals surface area (Å²) in [5.74, 6) is -0.266. The highest BCUT2D eigenvalue weighted by Crippen LogP contribution is 2.31. The second-order valence-corrected chi connectivity index (χ2v) is 8.83. The van der Waals surface area contributed by atoms with E-state index >= 15 is 0 Å². The Balaban J connectivity index is 1.83. The molecule has 11 heteroatoms. The van der Waals surface area contributed by atoms with Crippen molar-refractivity contribution < 1.29 is 31.5 Å². The van der Waals surface area contributed by atoms with E-state index in [2.05, 4.69) is 15.2 Å². The van der Waals surface area contributed by atoms with Crippen molar-refractivity contribution in [3.63, 3.8) is 0 Å². The number of carbonyl (C=O) groups is 1. The Bertz CT molecular complexity index is 1010. The number of nitrogens with one attached hydrogen (secondary N) is 1. The molecule has 1 aliphatic rings. The molecular weight excluding hydrogens is 408 g/mol. The Kier molecular flexibility index (Phi) is 6.06.